The summed E-state index contributed by atoms with van der Waals surface area (Å²) in [5.74, 6) is 0.868. The lowest BCUT2D eigenvalue weighted by Crippen LogP contribution is -2.06. The van der Waals surface area contributed by atoms with Gasteiger partial charge in [-0.15, -0.1) is 0 Å². The number of anilines is 2. The Morgan fingerprint density at radius 3 is 3.00 bits per heavy atom. The first-order chi connectivity index (χ1) is 6.74. The minimum absolute atomic E-state index is 0.729. The summed E-state index contributed by atoms with van der Waals surface area (Å²) in [5, 5.41) is 3.20. The van der Waals surface area contributed by atoms with E-state index in [1.807, 2.05) is 13.0 Å². The second-order valence-electron chi connectivity index (χ2n) is 3.20. The quantitative estimate of drug-likeness (QED) is 0.698. The Balaban J connectivity index is 2.39. The number of aryl methyl sites for hydroxylation is 1. The van der Waals surface area contributed by atoms with E-state index in [4.69, 9.17) is 10.5 Å². The number of nitrogens with two attached hydrogens (primary N) is 1. The van der Waals surface area contributed by atoms with Crippen molar-refractivity contribution in [2.45, 2.75) is 13.3 Å². The van der Waals surface area contributed by atoms with Crippen LogP contribution in [0.3, 0.4) is 0 Å². The number of rotatable bonds is 5. The Hall–Kier alpha value is -1.29. The van der Waals surface area contributed by atoms with Gasteiger partial charge in [0.15, 0.2) is 0 Å². The second kappa shape index (κ2) is 5.44. The summed E-state index contributed by atoms with van der Waals surface area (Å²) in [6, 6.07) is 1.95. The molecular weight excluding hydrogens is 178 g/mol. The molecule has 0 spiro atoms. The van der Waals surface area contributed by atoms with Crippen LogP contribution in [0.2, 0.25) is 0 Å². The molecule has 1 aromatic rings. The highest BCUT2D eigenvalue weighted by molar-refractivity contribution is 5.50. The zero-order valence-electron chi connectivity index (χ0n) is 8.71. The molecule has 0 amide bonds. The lowest BCUT2D eigenvalue weighted by atomic mass is 10.2. The Morgan fingerprint density at radius 2 is 2.36 bits per heavy atom. The van der Waals surface area contributed by atoms with Crippen LogP contribution in [-0.4, -0.2) is 25.2 Å². The predicted molar refractivity (Wildman–Crippen MR) is 58.4 cm³/mol. The normalized spacial score (nSPS) is 10.1. The summed E-state index contributed by atoms with van der Waals surface area (Å²) in [5.41, 5.74) is 7.43. The molecule has 4 nitrogen and oxygen atoms in total. The van der Waals surface area contributed by atoms with Crippen LogP contribution in [0, 0.1) is 6.92 Å². The lowest BCUT2D eigenvalue weighted by molar-refractivity contribution is 0.198. The van der Waals surface area contributed by atoms with Gasteiger partial charge in [-0.25, -0.2) is 4.98 Å². The van der Waals surface area contributed by atoms with Crippen LogP contribution in [0.4, 0.5) is 11.5 Å². The number of nitrogens with one attached hydrogen (secondary N) is 1. The number of methoxy groups -OCH3 is 1. The van der Waals surface area contributed by atoms with Crippen molar-refractivity contribution < 1.29 is 4.74 Å². The molecule has 0 aromatic carbocycles. The number of hydrogen-bond acceptors (Lipinski definition) is 4. The van der Waals surface area contributed by atoms with Crippen molar-refractivity contribution in [2.24, 2.45) is 0 Å². The van der Waals surface area contributed by atoms with E-state index in [-0.39, 0.29) is 0 Å². The maximum Gasteiger partial charge on any atom is 0.126 e. The molecule has 14 heavy (non-hydrogen) atoms. The van der Waals surface area contributed by atoms with E-state index in [9.17, 15) is 0 Å². The summed E-state index contributed by atoms with van der Waals surface area (Å²) in [6.07, 6.45) is 2.65. The highest BCUT2D eigenvalue weighted by atomic mass is 16.5. The zero-order valence-corrected chi connectivity index (χ0v) is 8.71. The highest BCUT2D eigenvalue weighted by Gasteiger charge is 1.96. The van der Waals surface area contributed by atoms with Crippen LogP contribution < -0.4 is 11.1 Å². The molecule has 1 aromatic heterocycles. The Labute approximate surface area is 84.5 Å². The maximum absolute atomic E-state index is 5.65. The third-order valence-corrected chi connectivity index (χ3v) is 1.98. The van der Waals surface area contributed by atoms with Gasteiger partial charge in [-0.1, -0.05) is 0 Å². The molecule has 0 fully saturated rings. The van der Waals surface area contributed by atoms with Gasteiger partial charge < -0.3 is 15.8 Å². The summed E-state index contributed by atoms with van der Waals surface area (Å²) in [7, 11) is 1.70. The summed E-state index contributed by atoms with van der Waals surface area (Å²) in [6.45, 7) is 3.60. The van der Waals surface area contributed by atoms with Gasteiger partial charge >= 0.3 is 0 Å². The van der Waals surface area contributed by atoms with Gasteiger partial charge in [0, 0.05) is 20.3 Å². The smallest absolute Gasteiger partial charge is 0.126 e. The minimum atomic E-state index is 0.729. The van der Waals surface area contributed by atoms with Gasteiger partial charge in [-0.05, 0) is 25.0 Å². The molecule has 0 aliphatic heterocycles. The molecule has 1 heterocycles. The van der Waals surface area contributed by atoms with Crippen molar-refractivity contribution >= 4 is 11.5 Å². The first-order valence-corrected chi connectivity index (χ1v) is 4.69. The summed E-state index contributed by atoms with van der Waals surface area (Å²) < 4.78 is 4.94. The first kappa shape index (κ1) is 10.8. The molecule has 0 aliphatic carbocycles. The van der Waals surface area contributed by atoms with Gasteiger partial charge in [-0.3, -0.25) is 0 Å². The summed E-state index contributed by atoms with van der Waals surface area (Å²) in [4.78, 5) is 4.16. The van der Waals surface area contributed by atoms with E-state index in [1.165, 1.54) is 0 Å². The standard InChI is InChI=1S/C10H17N3O/c1-8-6-10(13-7-9(8)11)12-4-3-5-14-2/h6-7H,3-5,11H2,1-2H3,(H,12,13). The van der Waals surface area contributed by atoms with Crippen molar-refractivity contribution in [1.29, 1.82) is 0 Å². The van der Waals surface area contributed by atoms with Crippen LogP contribution >= 0.6 is 0 Å². The van der Waals surface area contributed by atoms with Gasteiger partial charge in [0.25, 0.3) is 0 Å². The fourth-order valence-electron chi connectivity index (χ4n) is 1.10. The minimum Gasteiger partial charge on any atom is -0.397 e. The largest absolute Gasteiger partial charge is 0.397 e. The van der Waals surface area contributed by atoms with Crippen molar-refractivity contribution in [3.63, 3.8) is 0 Å². The monoisotopic (exact) mass is 195 g/mol. The van der Waals surface area contributed by atoms with Crippen molar-refractivity contribution in [3.05, 3.63) is 17.8 Å². The van der Waals surface area contributed by atoms with Gasteiger partial charge in [0.2, 0.25) is 0 Å². The van der Waals surface area contributed by atoms with E-state index in [1.54, 1.807) is 13.3 Å². The Kier molecular flexibility index (Phi) is 4.19. The van der Waals surface area contributed by atoms with Gasteiger partial charge in [-0.2, -0.15) is 0 Å². The Bertz CT molecular complexity index is 289. The van der Waals surface area contributed by atoms with E-state index in [0.717, 1.165) is 36.6 Å². The molecule has 3 N–H and O–H groups in total. The average Bonchev–Trinajstić information content (AvgIpc) is 2.18. The van der Waals surface area contributed by atoms with Crippen LogP contribution in [-0.2, 0) is 4.74 Å². The average molecular weight is 195 g/mol. The van der Waals surface area contributed by atoms with Crippen LogP contribution in [0.25, 0.3) is 0 Å². The van der Waals surface area contributed by atoms with Crippen molar-refractivity contribution in [3.8, 4) is 0 Å². The molecular formula is C10H17N3O. The lowest BCUT2D eigenvalue weighted by Gasteiger charge is -2.06. The Morgan fingerprint density at radius 1 is 1.57 bits per heavy atom. The van der Waals surface area contributed by atoms with E-state index in [2.05, 4.69) is 10.3 Å². The molecule has 0 unspecified atom stereocenters. The molecule has 0 atom stereocenters. The third-order valence-electron chi connectivity index (χ3n) is 1.98. The fraction of sp³-hybridized carbons (Fsp3) is 0.500. The number of ether oxygens (including phenoxy) is 1. The third kappa shape index (κ3) is 3.22. The first-order valence-electron chi connectivity index (χ1n) is 4.69. The SMILES string of the molecule is COCCCNc1cc(C)c(N)cn1. The molecule has 0 saturated heterocycles. The summed E-state index contributed by atoms with van der Waals surface area (Å²) >= 11 is 0. The predicted octanol–water partition coefficient (Wildman–Crippen LogP) is 1.42. The van der Waals surface area contributed by atoms with Gasteiger partial charge in [0.05, 0.1) is 11.9 Å². The fourth-order valence-corrected chi connectivity index (χ4v) is 1.10. The van der Waals surface area contributed by atoms with Gasteiger partial charge in [0.1, 0.15) is 5.82 Å². The number of nitrogens with zero attached hydrogens (tertiary/aromatic N) is 1. The molecule has 0 aliphatic rings. The molecule has 0 bridgehead atoms. The van der Waals surface area contributed by atoms with E-state index >= 15 is 0 Å². The molecule has 4 heteroatoms. The van der Waals surface area contributed by atoms with Crippen molar-refractivity contribution in [1.82, 2.24) is 4.98 Å². The molecule has 0 radical (unpaired) electrons. The molecule has 0 saturated carbocycles. The van der Waals surface area contributed by atoms with E-state index < -0.39 is 0 Å². The second-order valence-corrected chi connectivity index (χ2v) is 3.20. The van der Waals surface area contributed by atoms with Crippen LogP contribution in [0.1, 0.15) is 12.0 Å². The van der Waals surface area contributed by atoms with Crippen molar-refractivity contribution in [2.75, 3.05) is 31.3 Å². The van der Waals surface area contributed by atoms with Crippen LogP contribution in [0.15, 0.2) is 12.3 Å². The van der Waals surface area contributed by atoms with Crippen LogP contribution in [0.5, 0.6) is 0 Å². The molecule has 1 rings (SSSR count). The number of hydrogen-bond donors (Lipinski definition) is 2. The highest BCUT2D eigenvalue weighted by Crippen LogP contribution is 2.12. The number of nitrogen functional groups attached to an aromatic ring is 1. The van der Waals surface area contributed by atoms with E-state index in [0.29, 0.717) is 0 Å². The molecule has 78 valence electrons. The topological polar surface area (TPSA) is 60.2 Å². The number of pyridine rings is 1. The maximum atomic E-state index is 5.65. The zero-order chi connectivity index (χ0) is 10.4. The number of aromatic nitrogens is 1.